The van der Waals surface area contributed by atoms with Crippen molar-refractivity contribution in [3.05, 3.63) is 47.0 Å². The van der Waals surface area contributed by atoms with Gasteiger partial charge in [-0.1, -0.05) is 80.5 Å². The zero-order valence-corrected chi connectivity index (χ0v) is 35.9. The molecule has 4 rings (SSSR count). The van der Waals surface area contributed by atoms with Crippen LogP contribution in [0, 0.1) is 0 Å². The van der Waals surface area contributed by atoms with E-state index in [2.05, 4.69) is 117 Å². The summed E-state index contributed by atoms with van der Waals surface area (Å²) >= 11 is 0. The number of imidazole rings is 1. The molecule has 0 spiro atoms. The highest BCUT2D eigenvalue weighted by atomic mass is 32.2. The molecule has 49 heavy (non-hydrogen) atoms. The van der Waals surface area contributed by atoms with E-state index in [9.17, 15) is 13.2 Å². The maximum Gasteiger partial charge on any atom is 0.278 e. The van der Waals surface area contributed by atoms with Crippen LogP contribution in [0.2, 0.25) is 54.4 Å². The molecule has 1 saturated heterocycles. The van der Waals surface area contributed by atoms with E-state index in [1.807, 2.05) is 0 Å². The maximum atomic E-state index is 14.4. The summed E-state index contributed by atoms with van der Waals surface area (Å²) in [6.45, 7) is 32.9. The zero-order valence-electron chi connectivity index (χ0n) is 32.1. The number of hydrogen-bond donors (Lipinski definition) is 1. The third kappa shape index (κ3) is 7.78. The van der Waals surface area contributed by atoms with Crippen LogP contribution in [0.4, 0.5) is 0 Å². The smallest absolute Gasteiger partial charge is 0.278 e. The number of aromatic nitrogens is 4. The SMILES string of the molecule is CC(C)(C)[Si](C)(C)OC[C@H]1O[C@@H](n2c(S(=O)(=O)c3ccccc3)nc3c(=O)[nH]cnc32)[C@H](O[Si](C)(C)C(C)(C)C)[C@@H]1O[Si](C)(C)C(C)(C)C. The van der Waals surface area contributed by atoms with Gasteiger partial charge in [0.25, 0.3) is 5.56 Å². The summed E-state index contributed by atoms with van der Waals surface area (Å²) in [6, 6.07) is 8.06. The van der Waals surface area contributed by atoms with Gasteiger partial charge in [0.2, 0.25) is 15.0 Å². The highest BCUT2D eigenvalue weighted by Gasteiger charge is 2.56. The molecule has 2 aromatic heterocycles. The second-order valence-corrected chi connectivity index (χ2v) is 34.0. The molecule has 1 N–H and O–H groups in total. The highest BCUT2D eigenvalue weighted by molar-refractivity contribution is 7.91. The van der Waals surface area contributed by atoms with E-state index >= 15 is 0 Å². The maximum absolute atomic E-state index is 14.4. The van der Waals surface area contributed by atoms with Crippen LogP contribution in [0.15, 0.2) is 51.5 Å². The summed E-state index contributed by atoms with van der Waals surface area (Å²) < 4.78 is 58.5. The Balaban J connectivity index is 2.02. The van der Waals surface area contributed by atoms with E-state index in [1.54, 1.807) is 18.2 Å². The summed E-state index contributed by atoms with van der Waals surface area (Å²) in [6.07, 6.45) is -1.80. The molecule has 0 saturated carbocycles. The number of nitrogens with zero attached hydrogens (tertiary/aromatic N) is 3. The van der Waals surface area contributed by atoms with Crippen molar-refractivity contribution in [3.63, 3.8) is 0 Å². The predicted octanol–water partition coefficient (Wildman–Crippen LogP) is 7.65. The van der Waals surface area contributed by atoms with Crippen molar-refractivity contribution in [3.8, 4) is 0 Å². The first kappa shape index (κ1) is 39.8. The van der Waals surface area contributed by atoms with Gasteiger partial charge in [-0.05, 0) is 66.5 Å². The molecule has 1 fully saturated rings. The van der Waals surface area contributed by atoms with Crippen LogP contribution >= 0.6 is 0 Å². The normalized spacial score (nSPS) is 21.9. The third-order valence-corrected chi connectivity index (χ3v) is 26.3. The van der Waals surface area contributed by atoms with Crippen LogP contribution in [0.3, 0.4) is 0 Å². The van der Waals surface area contributed by atoms with Crippen molar-refractivity contribution in [1.29, 1.82) is 0 Å². The first-order valence-electron chi connectivity index (χ1n) is 17.0. The minimum atomic E-state index is -4.25. The van der Waals surface area contributed by atoms with Gasteiger partial charge >= 0.3 is 0 Å². The molecule has 1 aliphatic heterocycles. The van der Waals surface area contributed by atoms with Crippen LogP contribution in [-0.4, -0.2) is 77.8 Å². The molecule has 0 unspecified atom stereocenters. The number of sulfone groups is 1. The molecular weight excluding hydrogens is 693 g/mol. The molecule has 274 valence electrons. The molecule has 3 aromatic rings. The molecule has 1 aromatic carbocycles. The van der Waals surface area contributed by atoms with Gasteiger partial charge < -0.3 is 23.0 Å². The van der Waals surface area contributed by atoms with Gasteiger partial charge in [0.1, 0.15) is 18.3 Å². The fourth-order valence-electron chi connectivity index (χ4n) is 4.88. The number of aromatic amines is 1. The van der Waals surface area contributed by atoms with Gasteiger partial charge in [0.05, 0.1) is 17.8 Å². The molecule has 15 heteroatoms. The van der Waals surface area contributed by atoms with Gasteiger partial charge in [-0.3, -0.25) is 9.36 Å². The number of hydrogen-bond acceptors (Lipinski definition) is 9. The van der Waals surface area contributed by atoms with E-state index in [0.717, 1.165) is 0 Å². The molecule has 0 amide bonds. The average Bonchev–Trinajstić information content (AvgIpc) is 3.49. The van der Waals surface area contributed by atoms with Crippen LogP contribution in [0.25, 0.3) is 11.2 Å². The monoisotopic (exact) mass is 750 g/mol. The van der Waals surface area contributed by atoms with E-state index in [1.165, 1.54) is 23.0 Å². The lowest BCUT2D eigenvalue weighted by Crippen LogP contribution is -2.54. The fourth-order valence-corrected chi connectivity index (χ4v) is 9.89. The summed E-state index contributed by atoms with van der Waals surface area (Å²) in [5.74, 6) is 0. The molecular formula is C34H58N4O7SSi3. The lowest BCUT2D eigenvalue weighted by molar-refractivity contribution is -0.0510. The molecule has 3 heterocycles. The highest BCUT2D eigenvalue weighted by Crippen LogP contribution is 2.47. The van der Waals surface area contributed by atoms with Crippen LogP contribution in [0.5, 0.6) is 0 Å². The van der Waals surface area contributed by atoms with Crippen molar-refractivity contribution >= 4 is 46.0 Å². The van der Waals surface area contributed by atoms with Crippen molar-refractivity contribution in [2.45, 2.75) is 151 Å². The molecule has 4 atom stereocenters. The van der Waals surface area contributed by atoms with Crippen LogP contribution in [0.1, 0.15) is 68.5 Å². The second-order valence-electron chi connectivity index (χ2n) is 17.8. The Labute approximate surface area is 295 Å². The Morgan fingerprint density at radius 2 is 1.33 bits per heavy atom. The molecule has 1 aliphatic rings. The molecule has 11 nitrogen and oxygen atoms in total. The number of H-pyrrole nitrogens is 1. The minimum absolute atomic E-state index is 0.0368. The first-order chi connectivity index (χ1) is 22.1. The van der Waals surface area contributed by atoms with E-state index in [0.29, 0.717) is 0 Å². The standard InChI is InChI=1S/C34H58N4O7SSi3/c1-32(2,3)47(10,11)42-21-24-26(44-48(12,13)33(4,5)6)27(45-49(14,15)34(7,8)9)30(43-24)38-28-25(29(39)36-22-35-28)37-31(38)46(40,41)23-19-17-16-18-20-23/h16-20,22,24,26-27,30H,21H2,1-15H3,(H,35,36,39)/t24-,26-,27-,30-/m1/s1. The number of fused-ring (bicyclic) bond motifs is 1. The number of benzene rings is 1. The van der Waals surface area contributed by atoms with Crippen LogP contribution in [-0.2, 0) is 27.9 Å². The van der Waals surface area contributed by atoms with Crippen LogP contribution < -0.4 is 5.56 Å². The van der Waals surface area contributed by atoms with E-state index < -0.39 is 64.9 Å². The Kier molecular flexibility index (Phi) is 10.7. The Morgan fingerprint density at radius 1 is 0.816 bits per heavy atom. The topological polar surface area (TPSA) is 135 Å². The molecule has 0 bridgehead atoms. The van der Waals surface area contributed by atoms with Crippen molar-refractivity contribution in [2.24, 2.45) is 0 Å². The summed E-state index contributed by atoms with van der Waals surface area (Å²) in [5, 5.41) is -0.736. The van der Waals surface area contributed by atoms with Crippen molar-refractivity contribution in [1.82, 2.24) is 19.5 Å². The second kappa shape index (κ2) is 13.2. The van der Waals surface area contributed by atoms with E-state index in [-0.39, 0.29) is 42.9 Å². The lowest BCUT2D eigenvalue weighted by atomic mass is 10.1. The molecule has 0 radical (unpaired) electrons. The average molecular weight is 751 g/mol. The first-order valence-corrected chi connectivity index (χ1v) is 27.2. The zero-order chi connectivity index (χ0) is 37.2. The fraction of sp³-hybridized carbons (Fsp3) is 0.676. The summed E-state index contributed by atoms with van der Waals surface area (Å²) in [5.41, 5.74) is -0.571. The van der Waals surface area contributed by atoms with Gasteiger partial charge in [-0.15, -0.1) is 0 Å². The molecule has 0 aliphatic carbocycles. The van der Waals surface area contributed by atoms with Crippen molar-refractivity contribution < 1.29 is 26.4 Å². The summed E-state index contributed by atoms with van der Waals surface area (Å²) in [7, 11) is -11.5. The largest absolute Gasteiger partial charge is 0.414 e. The Morgan fingerprint density at radius 3 is 1.84 bits per heavy atom. The Hall–Kier alpha value is -1.99. The Bertz CT molecular complexity index is 1810. The predicted molar refractivity (Wildman–Crippen MR) is 201 cm³/mol. The number of rotatable bonds is 10. The van der Waals surface area contributed by atoms with Gasteiger partial charge in [-0.25, -0.2) is 18.4 Å². The van der Waals surface area contributed by atoms with Gasteiger partial charge in [-0.2, -0.15) is 0 Å². The summed E-state index contributed by atoms with van der Waals surface area (Å²) in [4.78, 5) is 24.6. The number of nitrogens with one attached hydrogen (secondary N) is 1. The quantitative estimate of drug-likeness (QED) is 0.207. The van der Waals surface area contributed by atoms with E-state index in [4.69, 9.17) is 18.0 Å². The van der Waals surface area contributed by atoms with Gasteiger partial charge in [0.15, 0.2) is 42.3 Å². The minimum Gasteiger partial charge on any atom is -0.414 e. The van der Waals surface area contributed by atoms with Crippen molar-refractivity contribution in [2.75, 3.05) is 6.61 Å². The third-order valence-electron chi connectivity index (χ3n) is 11.2. The van der Waals surface area contributed by atoms with Gasteiger partial charge in [0, 0.05) is 0 Å². The number of ether oxygens (including phenoxy) is 1. The lowest BCUT2D eigenvalue weighted by Gasteiger charge is -2.44.